The number of phosphoric ester groups is 1. The molecule has 0 amide bonds. The lowest BCUT2D eigenvalue weighted by Crippen LogP contribution is -2.64. The average Bonchev–Trinajstić information content (AvgIpc) is 2.89. The number of aliphatic hydroxyl groups is 3. The molecule has 0 saturated heterocycles. The van der Waals surface area contributed by atoms with Crippen LogP contribution >= 0.6 is 7.82 Å². The number of hydrogen-bond donors (Lipinski definition) is 5. The van der Waals surface area contributed by atoms with E-state index in [9.17, 15) is 39.3 Å². The summed E-state index contributed by atoms with van der Waals surface area (Å²) in [7, 11) is -5.10. The number of halogens is 1. The first-order valence-electron chi connectivity index (χ1n) is 11.0. The predicted molar refractivity (Wildman–Crippen MR) is 112 cm³/mol. The summed E-state index contributed by atoms with van der Waals surface area (Å²) in [6.45, 7) is 3.99. The summed E-state index contributed by atoms with van der Waals surface area (Å²) in [6.07, 6.45) is -0.656. The summed E-state index contributed by atoms with van der Waals surface area (Å²) in [6, 6.07) is 0. The Kier molecular flexibility index (Phi) is 5.64. The molecule has 33 heavy (non-hydrogen) atoms. The van der Waals surface area contributed by atoms with Gasteiger partial charge in [-0.3, -0.25) is 19.4 Å². The zero-order valence-electron chi connectivity index (χ0n) is 18.6. The first kappa shape index (κ1) is 24.7. The molecule has 9 nitrogen and oxygen atoms in total. The van der Waals surface area contributed by atoms with Crippen molar-refractivity contribution in [1.82, 2.24) is 0 Å². The summed E-state index contributed by atoms with van der Waals surface area (Å²) < 4.78 is 32.1. The zero-order valence-corrected chi connectivity index (χ0v) is 19.5. The number of allylic oxidation sites excluding steroid dienone is 3. The molecule has 0 aromatic carbocycles. The number of ketones is 2. The SMILES string of the molecule is CC1C[C@H]2[C@@H]3CC(F)C4=CC(=O)C=C(OP(=O)(O)O)[C@]4(C)[C@H]3[C@@H](O)C[C@]2(C)[C@@]1(O)C(=O)CO. The van der Waals surface area contributed by atoms with Gasteiger partial charge < -0.3 is 19.8 Å². The molecule has 0 aromatic rings. The molecule has 3 fully saturated rings. The molecule has 0 heterocycles. The fourth-order valence-corrected chi connectivity index (χ4v) is 8.20. The maximum atomic E-state index is 15.6. The van der Waals surface area contributed by atoms with Gasteiger partial charge >= 0.3 is 7.82 Å². The molecule has 11 heteroatoms. The summed E-state index contributed by atoms with van der Waals surface area (Å²) >= 11 is 0. The summed E-state index contributed by atoms with van der Waals surface area (Å²) in [4.78, 5) is 43.7. The molecular weight excluding hydrogens is 458 g/mol. The summed E-state index contributed by atoms with van der Waals surface area (Å²) in [5.41, 5.74) is -4.58. The summed E-state index contributed by atoms with van der Waals surface area (Å²) in [5.74, 6) is -4.17. The molecule has 184 valence electrons. The van der Waals surface area contributed by atoms with E-state index in [1.54, 1.807) is 13.8 Å². The molecular formula is C22H30FO9P. The van der Waals surface area contributed by atoms with Gasteiger partial charge in [-0.25, -0.2) is 8.96 Å². The van der Waals surface area contributed by atoms with Crippen molar-refractivity contribution in [3.05, 3.63) is 23.5 Å². The van der Waals surface area contributed by atoms with Crippen LogP contribution in [0.25, 0.3) is 0 Å². The Hall–Kier alpha value is -1.42. The molecule has 0 radical (unpaired) electrons. The van der Waals surface area contributed by atoms with Gasteiger partial charge in [0.1, 0.15) is 24.1 Å². The third kappa shape index (κ3) is 3.26. The fraction of sp³-hybridized carbons (Fsp3) is 0.727. The third-order valence-corrected chi connectivity index (χ3v) is 9.42. The van der Waals surface area contributed by atoms with Gasteiger partial charge in [-0.15, -0.1) is 0 Å². The minimum absolute atomic E-state index is 0.00454. The number of carbonyl (C=O) groups excluding carboxylic acids is 2. The van der Waals surface area contributed by atoms with Gasteiger partial charge in [-0.05, 0) is 55.6 Å². The van der Waals surface area contributed by atoms with Crippen molar-refractivity contribution in [1.29, 1.82) is 0 Å². The van der Waals surface area contributed by atoms with E-state index in [2.05, 4.69) is 0 Å². The minimum atomic E-state index is -5.10. The number of Topliss-reactive ketones (excluding diaryl/α,β-unsaturated/α-hetero) is 1. The van der Waals surface area contributed by atoms with Crippen LogP contribution in [0.2, 0.25) is 0 Å². The van der Waals surface area contributed by atoms with Gasteiger partial charge in [0, 0.05) is 17.4 Å². The van der Waals surface area contributed by atoms with Crippen molar-refractivity contribution in [2.45, 2.75) is 57.9 Å². The molecule has 0 bridgehead atoms. The van der Waals surface area contributed by atoms with E-state index in [1.807, 2.05) is 0 Å². The average molecular weight is 488 g/mol. The van der Waals surface area contributed by atoms with Crippen molar-refractivity contribution in [2.24, 2.45) is 34.5 Å². The Morgan fingerprint density at radius 2 is 1.91 bits per heavy atom. The first-order chi connectivity index (χ1) is 15.1. The van der Waals surface area contributed by atoms with E-state index in [-0.39, 0.29) is 18.4 Å². The number of aliphatic hydroxyl groups excluding tert-OH is 2. The molecule has 3 saturated carbocycles. The number of fused-ring (bicyclic) bond motifs is 5. The zero-order chi connectivity index (χ0) is 24.7. The van der Waals surface area contributed by atoms with E-state index < -0.39 is 84.1 Å². The Balaban J connectivity index is 1.85. The monoisotopic (exact) mass is 488 g/mol. The van der Waals surface area contributed by atoms with Crippen LogP contribution in [0.3, 0.4) is 0 Å². The Bertz CT molecular complexity index is 1000. The van der Waals surface area contributed by atoms with Crippen molar-refractivity contribution < 1.29 is 48.2 Å². The van der Waals surface area contributed by atoms with Gasteiger partial charge in [0.15, 0.2) is 11.6 Å². The van der Waals surface area contributed by atoms with Crippen LogP contribution in [0.15, 0.2) is 23.5 Å². The number of phosphoric acid groups is 1. The fourth-order valence-electron chi connectivity index (χ4n) is 7.70. The highest BCUT2D eigenvalue weighted by Crippen LogP contribution is 2.70. The molecule has 4 rings (SSSR count). The van der Waals surface area contributed by atoms with Crippen molar-refractivity contribution in [3.63, 3.8) is 0 Å². The second kappa shape index (κ2) is 7.54. The lowest BCUT2D eigenvalue weighted by atomic mass is 9.45. The van der Waals surface area contributed by atoms with Crippen LogP contribution in [0, 0.1) is 34.5 Å². The smallest absolute Gasteiger partial charge is 0.408 e. The van der Waals surface area contributed by atoms with Crippen LogP contribution in [-0.2, 0) is 18.7 Å². The lowest BCUT2D eigenvalue weighted by Gasteiger charge is -2.60. The van der Waals surface area contributed by atoms with Crippen LogP contribution in [0.1, 0.15) is 40.0 Å². The van der Waals surface area contributed by atoms with E-state index in [0.717, 1.165) is 12.2 Å². The first-order valence-corrected chi connectivity index (χ1v) is 12.6. The van der Waals surface area contributed by atoms with E-state index in [1.165, 1.54) is 6.92 Å². The highest BCUT2D eigenvalue weighted by Gasteiger charge is 2.72. The number of carbonyl (C=O) groups is 2. The maximum absolute atomic E-state index is 15.6. The second-order valence-electron chi connectivity index (χ2n) is 10.5. The Morgan fingerprint density at radius 3 is 2.48 bits per heavy atom. The Labute approximate surface area is 190 Å². The van der Waals surface area contributed by atoms with Crippen LogP contribution in [0.5, 0.6) is 0 Å². The highest BCUT2D eigenvalue weighted by atomic mass is 31.2. The van der Waals surface area contributed by atoms with E-state index >= 15 is 4.39 Å². The van der Waals surface area contributed by atoms with Gasteiger partial charge in [-0.1, -0.05) is 13.8 Å². The maximum Gasteiger partial charge on any atom is 0.524 e. The standard InChI is InChI=1S/C22H30FO9P/c1-10-4-13-12-7-15(23)14-5-11(25)6-18(32-33(29,30)31)21(14,3)19(12)16(26)8-20(13,2)22(10,28)17(27)9-24/h5-6,10,12-13,15-16,19,24,26,28H,4,7-9H2,1-3H3,(H2,29,30,31)/t10?,12-,13-,15?,16-,19+,20-,21+,22-/m0/s1. The lowest BCUT2D eigenvalue weighted by molar-refractivity contribution is -0.187. The van der Waals surface area contributed by atoms with Gasteiger partial charge in [0.2, 0.25) is 0 Å². The summed E-state index contributed by atoms with van der Waals surface area (Å²) in [5, 5.41) is 32.4. The third-order valence-electron chi connectivity index (χ3n) is 8.99. The van der Waals surface area contributed by atoms with Gasteiger partial charge in [-0.2, -0.15) is 0 Å². The van der Waals surface area contributed by atoms with Crippen molar-refractivity contribution >= 4 is 19.4 Å². The second-order valence-corrected chi connectivity index (χ2v) is 11.6. The molecule has 0 aliphatic heterocycles. The quantitative estimate of drug-likeness (QED) is 0.366. The normalized spacial score (nSPS) is 47.1. The molecule has 0 spiro atoms. The number of alkyl halides is 1. The topological polar surface area (TPSA) is 162 Å². The van der Waals surface area contributed by atoms with E-state index in [4.69, 9.17) is 4.52 Å². The van der Waals surface area contributed by atoms with E-state index in [0.29, 0.717) is 6.42 Å². The van der Waals surface area contributed by atoms with Gasteiger partial charge in [0.05, 0.1) is 11.5 Å². The van der Waals surface area contributed by atoms with Crippen molar-refractivity contribution in [3.8, 4) is 0 Å². The molecule has 2 unspecified atom stereocenters. The largest absolute Gasteiger partial charge is 0.524 e. The van der Waals surface area contributed by atoms with Crippen LogP contribution in [-0.4, -0.2) is 61.2 Å². The van der Waals surface area contributed by atoms with Crippen molar-refractivity contribution in [2.75, 3.05) is 6.61 Å². The number of rotatable bonds is 4. The highest BCUT2D eigenvalue weighted by molar-refractivity contribution is 7.46. The predicted octanol–water partition coefficient (Wildman–Crippen LogP) is 1.19. The minimum Gasteiger partial charge on any atom is -0.408 e. The molecule has 4 aliphatic carbocycles. The molecule has 5 N–H and O–H groups in total. The molecule has 0 aromatic heterocycles. The molecule has 4 aliphatic rings. The van der Waals surface area contributed by atoms with Crippen LogP contribution in [0.4, 0.5) is 4.39 Å². The van der Waals surface area contributed by atoms with Crippen LogP contribution < -0.4 is 0 Å². The van der Waals surface area contributed by atoms with Gasteiger partial charge in [0.25, 0.3) is 0 Å². The molecule has 9 atom stereocenters. The Morgan fingerprint density at radius 1 is 1.27 bits per heavy atom. The number of hydrogen-bond acceptors (Lipinski definition) is 7.